The summed E-state index contributed by atoms with van der Waals surface area (Å²) in [5, 5.41) is 10.4. The summed E-state index contributed by atoms with van der Waals surface area (Å²) in [7, 11) is 0. The number of aliphatic hydroxyl groups is 1. The fraction of sp³-hybridized carbons (Fsp3) is 0.471. The third-order valence-electron chi connectivity index (χ3n) is 3.28. The fourth-order valence-corrected chi connectivity index (χ4v) is 2.31. The van der Waals surface area contributed by atoms with Gasteiger partial charge >= 0.3 is 0 Å². The van der Waals surface area contributed by atoms with E-state index in [4.69, 9.17) is 4.74 Å². The summed E-state index contributed by atoms with van der Waals surface area (Å²) >= 11 is 0. The van der Waals surface area contributed by atoms with E-state index in [-0.39, 0.29) is 6.10 Å². The highest BCUT2D eigenvalue weighted by Gasteiger charge is 2.12. The minimum Gasteiger partial charge on any atom is -0.491 e. The summed E-state index contributed by atoms with van der Waals surface area (Å²) in [5.41, 5.74) is 0.886. The highest BCUT2D eigenvalue weighted by Crippen LogP contribution is 2.21. The first-order chi connectivity index (χ1) is 10.1. The lowest BCUT2D eigenvalue weighted by Crippen LogP contribution is -2.09. The van der Waals surface area contributed by atoms with Crippen molar-refractivity contribution >= 4 is 0 Å². The number of hydrogen-bond acceptors (Lipinski definition) is 3. The van der Waals surface area contributed by atoms with Gasteiger partial charge in [0.05, 0.1) is 12.2 Å². The lowest BCUT2D eigenvalue weighted by molar-refractivity contribution is 0.174. The molecule has 114 valence electrons. The minimum atomic E-state index is -0.545. The molecule has 2 rings (SSSR count). The molecule has 0 spiro atoms. The average molecular weight is 288 g/mol. The molecule has 0 saturated heterocycles. The lowest BCUT2D eigenvalue weighted by atomic mass is 10.1. The SMILES string of the molecule is CCCn1ccnc1CC(O)c1ccc(OC(C)C)cc1. The molecule has 1 N–H and O–H groups in total. The van der Waals surface area contributed by atoms with Crippen molar-refractivity contribution in [2.24, 2.45) is 0 Å². The van der Waals surface area contributed by atoms with Crippen LogP contribution in [0.15, 0.2) is 36.7 Å². The van der Waals surface area contributed by atoms with Gasteiger partial charge in [-0.05, 0) is 38.0 Å². The van der Waals surface area contributed by atoms with Crippen LogP contribution in [0.25, 0.3) is 0 Å². The van der Waals surface area contributed by atoms with E-state index in [2.05, 4.69) is 16.5 Å². The number of ether oxygens (including phenoxy) is 1. The van der Waals surface area contributed by atoms with Crippen molar-refractivity contribution in [3.8, 4) is 5.75 Å². The van der Waals surface area contributed by atoms with Gasteiger partial charge in [0, 0.05) is 25.4 Å². The molecular weight excluding hydrogens is 264 g/mol. The van der Waals surface area contributed by atoms with E-state index in [1.54, 1.807) is 6.20 Å². The number of aliphatic hydroxyl groups excluding tert-OH is 1. The standard InChI is InChI=1S/C17H24N2O2/c1-4-10-19-11-9-18-17(19)12-16(20)14-5-7-15(8-6-14)21-13(2)3/h5-9,11,13,16,20H,4,10,12H2,1-3H3. The zero-order chi connectivity index (χ0) is 15.2. The van der Waals surface area contributed by atoms with Crippen molar-refractivity contribution in [1.29, 1.82) is 0 Å². The van der Waals surface area contributed by atoms with Crippen LogP contribution in [0.3, 0.4) is 0 Å². The second-order valence-corrected chi connectivity index (χ2v) is 5.49. The van der Waals surface area contributed by atoms with E-state index in [9.17, 15) is 5.11 Å². The van der Waals surface area contributed by atoms with Crippen molar-refractivity contribution in [3.63, 3.8) is 0 Å². The molecule has 4 nitrogen and oxygen atoms in total. The van der Waals surface area contributed by atoms with Crippen LogP contribution < -0.4 is 4.74 Å². The van der Waals surface area contributed by atoms with E-state index in [1.165, 1.54) is 0 Å². The van der Waals surface area contributed by atoms with Gasteiger partial charge in [-0.2, -0.15) is 0 Å². The van der Waals surface area contributed by atoms with E-state index in [1.807, 2.05) is 44.3 Å². The topological polar surface area (TPSA) is 47.3 Å². The van der Waals surface area contributed by atoms with Gasteiger partial charge in [0.1, 0.15) is 11.6 Å². The van der Waals surface area contributed by atoms with Crippen molar-refractivity contribution in [2.75, 3.05) is 0 Å². The van der Waals surface area contributed by atoms with Crippen LogP contribution in [0.2, 0.25) is 0 Å². The van der Waals surface area contributed by atoms with Crippen LogP contribution >= 0.6 is 0 Å². The number of aromatic nitrogens is 2. The Kier molecular flexibility index (Phi) is 5.39. The molecule has 4 heteroatoms. The first-order valence-electron chi connectivity index (χ1n) is 7.54. The van der Waals surface area contributed by atoms with Crippen LogP contribution in [0.4, 0.5) is 0 Å². The predicted molar refractivity (Wildman–Crippen MR) is 83.4 cm³/mol. The Morgan fingerprint density at radius 3 is 2.57 bits per heavy atom. The predicted octanol–water partition coefficient (Wildman–Crippen LogP) is 3.36. The first kappa shape index (κ1) is 15.6. The number of rotatable bonds is 7. The smallest absolute Gasteiger partial charge is 0.119 e. The molecule has 0 amide bonds. The Morgan fingerprint density at radius 1 is 1.24 bits per heavy atom. The quantitative estimate of drug-likeness (QED) is 0.850. The van der Waals surface area contributed by atoms with E-state index < -0.39 is 6.10 Å². The molecule has 1 aromatic carbocycles. The van der Waals surface area contributed by atoms with Gasteiger partial charge in [-0.3, -0.25) is 0 Å². The number of benzene rings is 1. The molecule has 0 radical (unpaired) electrons. The Hall–Kier alpha value is -1.81. The maximum absolute atomic E-state index is 10.4. The van der Waals surface area contributed by atoms with Crippen LogP contribution in [0.1, 0.15) is 44.7 Å². The normalized spacial score (nSPS) is 12.6. The van der Waals surface area contributed by atoms with Crippen molar-refractivity contribution in [1.82, 2.24) is 9.55 Å². The average Bonchev–Trinajstić information content (AvgIpc) is 2.86. The van der Waals surface area contributed by atoms with Gasteiger partial charge in [-0.25, -0.2) is 4.98 Å². The summed E-state index contributed by atoms with van der Waals surface area (Å²) in [6, 6.07) is 7.62. The molecule has 0 aliphatic rings. The van der Waals surface area contributed by atoms with Gasteiger partial charge in [0.25, 0.3) is 0 Å². The molecule has 0 aliphatic heterocycles. The van der Waals surface area contributed by atoms with Gasteiger partial charge in [-0.1, -0.05) is 19.1 Å². The number of aryl methyl sites for hydroxylation is 1. The Balaban J connectivity index is 2.02. The summed E-state index contributed by atoms with van der Waals surface area (Å²) in [4.78, 5) is 4.34. The van der Waals surface area contributed by atoms with Gasteiger partial charge in [0.15, 0.2) is 0 Å². The summed E-state index contributed by atoms with van der Waals surface area (Å²) < 4.78 is 7.70. The second-order valence-electron chi connectivity index (χ2n) is 5.49. The molecular formula is C17H24N2O2. The van der Waals surface area contributed by atoms with E-state index >= 15 is 0 Å². The number of nitrogens with zero attached hydrogens (tertiary/aromatic N) is 2. The van der Waals surface area contributed by atoms with Crippen LogP contribution in [-0.4, -0.2) is 20.8 Å². The Bertz CT molecular complexity index is 546. The molecule has 2 aromatic rings. The van der Waals surface area contributed by atoms with Crippen LogP contribution in [0, 0.1) is 0 Å². The second kappa shape index (κ2) is 7.27. The molecule has 1 unspecified atom stereocenters. The maximum atomic E-state index is 10.4. The first-order valence-corrected chi connectivity index (χ1v) is 7.54. The molecule has 0 aliphatic carbocycles. The van der Waals surface area contributed by atoms with Gasteiger partial charge in [-0.15, -0.1) is 0 Å². The van der Waals surface area contributed by atoms with Crippen LogP contribution in [0.5, 0.6) is 5.75 Å². The van der Waals surface area contributed by atoms with Crippen LogP contribution in [-0.2, 0) is 13.0 Å². The van der Waals surface area contributed by atoms with E-state index in [0.29, 0.717) is 6.42 Å². The molecule has 0 saturated carbocycles. The summed E-state index contributed by atoms with van der Waals surface area (Å²) in [5.74, 6) is 1.75. The molecule has 1 aromatic heterocycles. The largest absolute Gasteiger partial charge is 0.491 e. The van der Waals surface area contributed by atoms with Crippen molar-refractivity contribution in [3.05, 3.63) is 48.0 Å². The summed E-state index contributed by atoms with van der Waals surface area (Å²) in [6.07, 6.45) is 4.94. The number of hydrogen-bond donors (Lipinski definition) is 1. The lowest BCUT2D eigenvalue weighted by Gasteiger charge is -2.14. The Labute approximate surface area is 126 Å². The highest BCUT2D eigenvalue weighted by atomic mass is 16.5. The molecule has 0 fully saturated rings. The Morgan fingerprint density at radius 2 is 1.95 bits per heavy atom. The number of imidazole rings is 1. The minimum absolute atomic E-state index is 0.155. The molecule has 1 heterocycles. The zero-order valence-corrected chi connectivity index (χ0v) is 13.0. The van der Waals surface area contributed by atoms with Crippen molar-refractivity contribution < 1.29 is 9.84 Å². The zero-order valence-electron chi connectivity index (χ0n) is 13.0. The van der Waals surface area contributed by atoms with Crippen molar-refractivity contribution in [2.45, 2.75) is 52.4 Å². The third kappa shape index (κ3) is 4.33. The van der Waals surface area contributed by atoms with Gasteiger partial charge in [0.2, 0.25) is 0 Å². The molecule has 21 heavy (non-hydrogen) atoms. The van der Waals surface area contributed by atoms with E-state index in [0.717, 1.165) is 30.1 Å². The molecule has 0 bridgehead atoms. The monoisotopic (exact) mass is 288 g/mol. The highest BCUT2D eigenvalue weighted by molar-refractivity contribution is 5.29. The molecule has 1 atom stereocenters. The maximum Gasteiger partial charge on any atom is 0.119 e. The van der Waals surface area contributed by atoms with Gasteiger partial charge < -0.3 is 14.4 Å². The fourth-order valence-electron chi connectivity index (χ4n) is 2.31. The third-order valence-corrected chi connectivity index (χ3v) is 3.28. The summed E-state index contributed by atoms with van der Waals surface area (Å²) in [6.45, 7) is 7.06.